The highest BCUT2D eigenvalue weighted by Crippen LogP contribution is 2.33. The molecule has 178 valence electrons. The summed E-state index contributed by atoms with van der Waals surface area (Å²) in [6.07, 6.45) is -2.87. The van der Waals surface area contributed by atoms with Crippen molar-refractivity contribution in [1.29, 1.82) is 0 Å². The molecule has 11 heteroatoms. The molecule has 0 saturated heterocycles. The first-order chi connectivity index (χ1) is 16.8. The predicted molar refractivity (Wildman–Crippen MR) is 122 cm³/mol. The summed E-state index contributed by atoms with van der Waals surface area (Å²) in [5.41, 5.74) is 2.32. The number of fused-ring (bicyclic) bond motifs is 3. The highest BCUT2D eigenvalue weighted by atomic mass is 19.4. The molecule has 0 aliphatic carbocycles. The number of nitrogens with zero attached hydrogens (tertiary/aromatic N) is 5. The van der Waals surface area contributed by atoms with Crippen LogP contribution in [0, 0.1) is 0 Å². The molecule has 0 bridgehead atoms. The minimum atomic E-state index is -4.44. The fourth-order valence-electron chi connectivity index (χ4n) is 4.05. The number of nitrogens with one attached hydrogen (secondary N) is 1. The molecule has 0 fully saturated rings. The molecule has 1 atom stereocenters. The van der Waals surface area contributed by atoms with Crippen LogP contribution in [0.4, 0.5) is 13.2 Å². The zero-order valence-electron chi connectivity index (χ0n) is 18.4. The lowest BCUT2D eigenvalue weighted by molar-refractivity contribution is -0.137. The van der Waals surface area contributed by atoms with Gasteiger partial charge >= 0.3 is 6.18 Å². The van der Waals surface area contributed by atoms with E-state index < -0.39 is 23.7 Å². The van der Waals surface area contributed by atoms with E-state index in [2.05, 4.69) is 20.6 Å². The van der Waals surface area contributed by atoms with Gasteiger partial charge in [0.2, 0.25) is 0 Å². The van der Waals surface area contributed by atoms with Crippen LogP contribution in [-0.2, 0) is 13.2 Å². The van der Waals surface area contributed by atoms with E-state index >= 15 is 0 Å². The molecule has 0 unspecified atom stereocenters. The third-order valence-electron chi connectivity index (χ3n) is 5.75. The molecule has 2 N–H and O–H groups in total. The fourth-order valence-corrected chi connectivity index (χ4v) is 4.05. The van der Waals surface area contributed by atoms with Gasteiger partial charge in [0, 0.05) is 29.9 Å². The summed E-state index contributed by atoms with van der Waals surface area (Å²) in [5, 5.41) is 21.4. The average Bonchev–Trinajstić information content (AvgIpc) is 3.39. The summed E-state index contributed by atoms with van der Waals surface area (Å²) in [6, 6.07) is 14.3. The lowest BCUT2D eigenvalue weighted by Gasteiger charge is -2.16. The van der Waals surface area contributed by atoms with Gasteiger partial charge in [0.1, 0.15) is 5.52 Å². The van der Waals surface area contributed by atoms with Crippen molar-refractivity contribution in [2.24, 2.45) is 7.05 Å². The molecule has 2 aromatic carbocycles. The summed E-state index contributed by atoms with van der Waals surface area (Å²) in [4.78, 5) is 17.2. The Balaban J connectivity index is 1.56. The van der Waals surface area contributed by atoms with Crippen molar-refractivity contribution in [1.82, 2.24) is 29.9 Å². The third kappa shape index (κ3) is 3.99. The van der Waals surface area contributed by atoms with Crippen LogP contribution in [-0.4, -0.2) is 42.2 Å². The van der Waals surface area contributed by atoms with E-state index in [1.165, 1.54) is 16.8 Å². The van der Waals surface area contributed by atoms with Crippen LogP contribution >= 0.6 is 0 Å². The van der Waals surface area contributed by atoms with Crippen molar-refractivity contribution in [3.05, 3.63) is 83.7 Å². The highest BCUT2D eigenvalue weighted by molar-refractivity contribution is 6.09. The Morgan fingerprint density at radius 2 is 1.89 bits per heavy atom. The number of amides is 1. The van der Waals surface area contributed by atoms with Gasteiger partial charge in [0.25, 0.3) is 5.91 Å². The zero-order chi connectivity index (χ0) is 24.7. The predicted octanol–water partition coefficient (Wildman–Crippen LogP) is 3.79. The van der Waals surface area contributed by atoms with Gasteiger partial charge in [-0.05, 0) is 54.6 Å². The third-order valence-corrected chi connectivity index (χ3v) is 5.75. The number of aryl methyl sites for hydroxylation is 1. The molecule has 5 aromatic rings. The molecule has 0 aliphatic heterocycles. The maximum Gasteiger partial charge on any atom is 0.416 e. The molecular formula is C24H19F3N6O2. The van der Waals surface area contributed by atoms with Crippen LogP contribution in [0.25, 0.3) is 27.8 Å². The standard InChI is InChI=1S/C24H19F3N6O2/c1-32-23-21(30-31-32)17-12-14(22(35)29-19(13-34)18-4-2-3-11-28-18)5-10-20(17)33(23)16-8-6-15(7-9-16)24(25,26)27/h2-12,19,34H,13H2,1H3,(H,29,35)/t19-/m1/s1. The second-order valence-corrected chi connectivity index (χ2v) is 7.96. The highest BCUT2D eigenvalue weighted by Gasteiger charge is 2.30. The van der Waals surface area contributed by atoms with Crippen molar-refractivity contribution in [2.45, 2.75) is 12.2 Å². The second kappa shape index (κ2) is 8.51. The lowest BCUT2D eigenvalue weighted by Crippen LogP contribution is -2.31. The van der Waals surface area contributed by atoms with Crippen molar-refractivity contribution in [3.8, 4) is 5.69 Å². The normalized spacial score (nSPS) is 12.8. The van der Waals surface area contributed by atoms with Crippen LogP contribution in [0.5, 0.6) is 0 Å². The lowest BCUT2D eigenvalue weighted by atomic mass is 10.1. The van der Waals surface area contributed by atoms with E-state index in [-0.39, 0.29) is 6.61 Å². The Labute approximate surface area is 196 Å². The van der Waals surface area contributed by atoms with Crippen LogP contribution in [0.15, 0.2) is 66.9 Å². The average molecular weight is 480 g/mol. The summed E-state index contributed by atoms with van der Waals surface area (Å²) >= 11 is 0. The smallest absolute Gasteiger partial charge is 0.394 e. The van der Waals surface area contributed by atoms with E-state index in [9.17, 15) is 23.1 Å². The summed E-state index contributed by atoms with van der Waals surface area (Å²) < 4.78 is 42.4. The monoisotopic (exact) mass is 480 g/mol. The van der Waals surface area contributed by atoms with E-state index in [0.717, 1.165) is 12.1 Å². The number of halogens is 3. The Morgan fingerprint density at radius 1 is 1.11 bits per heavy atom. The number of aromatic nitrogens is 5. The number of hydrogen-bond donors (Lipinski definition) is 2. The zero-order valence-corrected chi connectivity index (χ0v) is 18.4. The first kappa shape index (κ1) is 22.5. The maximum atomic E-state index is 13.0. The summed E-state index contributed by atoms with van der Waals surface area (Å²) in [7, 11) is 1.68. The van der Waals surface area contributed by atoms with Crippen LogP contribution in [0.2, 0.25) is 0 Å². The number of carbonyl (C=O) groups excluding carboxylic acids is 1. The molecule has 0 saturated carbocycles. The van der Waals surface area contributed by atoms with E-state index in [1.54, 1.807) is 54.2 Å². The SMILES string of the molecule is Cn1nnc2c3cc(C(=O)N[C@H](CO)c4ccccn4)ccc3n(-c3ccc(C(F)(F)F)cc3)c21. The number of pyridine rings is 1. The van der Waals surface area contributed by atoms with Gasteiger partial charge < -0.3 is 10.4 Å². The van der Waals surface area contributed by atoms with Gasteiger partial charge in [-0.15, -0.1) is 5.10 Å². The number of benzene rings is 2. The van der Waals surface area contributed by atoms with Gasteiger partial charge in [0.15, 0.2) is 5.65 Å². The van der Waals surface area contributed by atoms with Crippen LogP contribution in [0.3, 0.4) is 0 Å². The quantitative estimate of drug-likeness (QED) is 0.399. The Kier molecular flexibility index (Phi) is 5.48. The Bertz CT molecular complexity index is 1520. The number of aliphatic hydroxyl groups is 1. The van der Waals surface area contributed by atoms with Crippen molar-refractivity contribution >= 4 is 28.0 Å². The molecule has 0 radical (unpaired) electrons. The number of alkyl halides is 3. The minimum absolute atomic E-state index is 0.323. The Morgan fingerprint density at radius 3 is 2.54 bits per heavy atom. The number of carbonyl (C=O) groups is 1. The largest absolute Gasteiger partial charge is 0.416 e. The molecule has 3 heterocycles. The van der Waals surface area contributed by atoms with Crippen LogP contribution < -0.4 is 5.32 Å². The first-order valence-electron chi connectivity index (χ1n) is 10.6. The Hall–Kier alpha value is -4.25. The molecule has 0 spiro atoms. The summed E-state index contributed by atoms with van der Waals surface area (Å²) in [5.74, 6) is -0.420. The van der Waals surface area contributed by atoms with Crippen LogP contribution in [0.1, 0.15) is 27.7 Å². The van der Waals surface area contributed by atoms with E-state index in [1.807, 2.05) is 0 Å². The van der Waals surface area contributed by atoms with Gasteiger partial charge in [-0.2, -0.15) is 13.2 Å². The molecule has 5 rings (SSSR count). The fraction of sp³-hybridized carbons (Fsp3) is 0.167. The summed E-state index contributed by atoms with van der Waals surface area (Å²) in [6.45, 7) is -0.330. The molecule has 1 amide bonds. The minimum Gasteiger partial charge on any atom is -0.394 e. The van der Waals surface area contributed by atoms with E-state index in [4.69, 9.17) is 0 Å². The second-order valence-electron chi connectivity index (χ2n) is 7.96. The van der Waals surface area contributed by atoms with Crippen molar-refractivity contribution in [2.75, 3.05) is 6.61 Å². The molecule has 0 aliphatic rings. The number of hydrogen-bond acceptors (Lipinski definition) is 5. The van der Waals surface area contributed by atoms with Gasteiger partial charge in [-0.3, -0.25) is 14.3 Å². The number of aliphatic hydroxyl groups excluding tert-OH is 1. The maximum absolute atomic E-state index is 13.0. The topological polar surface area (TPSA) is 97.9 Å². The molecule has 8 nitrogen and oxygen atoms in total. The first-order valence-corrected chi connectivity index (χ1v) is 10.6. The van der Waals surface area contributed by atoms with Crippen molar-refractivity contribution < 1.29 is 23.1 Å². The number of rotatable bonds is 5. The van der Waals surface area contributed by atoms with Gasteiger partial charge in [-0.25, -0.2) is 4.68 Å². The van der Waals surface area contributed by atoms with Gasteiger partial charge in [0.05, 0.1) is 29.4 Å². The molecule has 35 heavy (non-hydrogen) atoms. The van der Waals surface area contributed by atoms with Gasteiger partial charge in [-0.1, -0.05) is 11.3 Å². The molecular weight excluding hydrogens is 461 g/mol. The molecule has 3 aromatic heterocycles. The van der Waals surface area contributed by atoms with Crippen molar-refractivity contribution in [3.63, 3.8) is 0 Å². The van der Waals surface area contributed by atoms with E-state index in [0.29, 0.717) is 39.0 Å².